The van der Waals surface area contributed by atoms with E-state index in [-0.39, 0.29) is 43.9 Å². The van der Waals surface area contributed by atoms with Gasteiger partial charge in [-0.3, -0.25) is 14.5 Å². The summed E-state index contributed by atoms with van der Waals surface area (Å²) in [6, 6.07) is 8.96. The van der Waals surface area contributed by atoms with E-state index in [0.29, 0.717) is 12.1 Å². The van der Waals surface area contributed by atoms with Crippen LogP contribution in [0.25, 0.3) is 0 Å². The normalized spacial score (nSPS) is 39.6. The number of oxime groups is 1. The summed E-state index contributed by atoms with van der Waals surface area (Å²) in [5.41, 5.74) is -5.70. The zero-order chi connectivity index (χ0) is 44.2. The van der Waals surface area contributed by atoms with E-state index in [1.807, 2.05) is 76.9 Å². The first kappa shape index (κ1) is 48.5. The largest absolute Gasteiger partial charge is 0.457 e. The molecule has 0 aliphatic carbocycles. The molecule has 4 rings (SSSR count). The Hall–Kier alpha value is -3.18. The average molecular weight is 834 g/mol. The van der Waals surface area contributed by atoms with E-state index in [2.05, 4.69) is 10.1 Å². The number of rotatable bonds is 7. The maximum absolute atomic E-state index is 16.9. The van der Waals surface area contributed by atoms with Gasteiger partial charge in [-0.25, -0.2) is 14.2 Å². The Morgan fingerprint density at radius 3 is 2.29 bits per heavy atom. The quantitative estimate of drug-likeness (QED) is 0.204. The number of aliphatic hydroxyl groups excluding tert-OH is 1. The molecule has 3 fully saturated rings. The Morgan fingerprint density at radius 1 is 1.05 bits per heavy atom. The first-order chi connectivity index (χ1) is 27.3. The van der Waals surface area contributed by atoms with Crippen LogP contribution in [0.15, 0.2) is 40.5 Å². The Labute approximate surface area is 349 Å². The molecule has 2 bridgehead atoms. The number of fused-ring (bicyclic) bond motifs is 5. The summed E-state index contributed by atoms with van der Waals surface area (Å²) < 4.78 is 49.0. The number of Topliss-reactive ketones (excluding diaryl/α,β-unsaturated/α-hetero) is 1. The lowest BCUT2D eigenvalue weighted by Crippen LogP contribution is -2.63. The summed E-state index contributed by atoms with van der Waals surface area (Å²) in [7, 11) is 1.90. The molecule has 0 saturated carbocycles. The van der Waals surface area contributed by atoms with Gasteiger partial charge in [0.2, 0.25) is 5.91 Å². The van der Waals surface area contributed by atoms with Gasteiger partial charge in [0, 0.05) is 36.1 Å². The lowest BCUT2D eigenvalue weighted by molar-refractivity contribution is -0.299. The number of ether oxygens (including phenoxy) is 5. The van der Waals surface area contributed by atoms with Gasteiger partial charge in [0.15, 0.2) is 12.1 Å². The van der Waals surface area contributed by atoms with E-state index in [1.54, 1.807) is 20.8 Å². The molecule has 3 aliphatic heterocycles. The molecule has 2 N–H and O–H groups in total. The first-order valence-corrected chi connectivity index (χ1v) is 20.8. The summed E-state index contributed by atoms with van der Waals surface area (Å²) in [6.45, 7) is 19.4. The topological polar surface area (TPSA) is 175 Å². The van der Waals surface area contributed by atoms with Crippen LogP contribution in [0.1, 0.15) is 108 Å². The SMILES string of the molecule is CC[C@H]1OC(=O)[C@@](C)(F)C(=O)[C@H](C)[C@@H](O[C@@H]2O[C@H](C)C[C@H](N(C)C(C)(C)C)[C@H]2O)[C@@]2(C)C[C@@H](C)C(=NC(C)=O)[C@H](C)[C@@H](OC/C(=N\OCc3ccccc3)CO2)[C@]1(C)O. The molecule has 332 valence electrons. The number of carbonyl (C=O) groups is 3. The standard InChI is InChI=1S/C44H68FN3O11/c1-14-33-44(12,53)38-27(4)34(46-29(6)49)25(2)21-42(10,55-24-31(23-54-38)47-56-22-30-18-16-15-17-19-30)37(28(5)36(51)43(11,45)40(52)58-33)59-39-35(50)32(20-26(3)57-39)48(13)41(7,8)9/h15-19,25-28,32-33,35,37-39,50,53H,14,20-24H2,1-13H3/b46-34?,47-31+/t25-,26-,27+,28+,32+,33-,35-,37-,38-,39+,42-,43+,44-/m1/s1. The number of hydrogen-bond donors (Lipinski definition) is 2. The molecule has 14 nitrogen and oxygen atoms in total. The summed E-state index contributed by atoms with van der Waals surface area (Å²) in [5.74, 6) is -6.02. The molecule has 1 aromatic rings. The third-order valence-electron chi connectivity index (χ3n) is 12.3. The molecule has 13 atom stereocenters. The summed E-state index contributed by atoms with van der Waals surface area (Å²) in [5, 5.41) is 28.7. The van der Waals surface area contributed by atoms with Crippen LogP contribution in [0.3, 0.4) is 0 Å². The Balaban J connectivity index is 1.97. The van der Waals surface area contributed by atoms with E-state index in [0.717, 1.165) is 12.5 Å². The van der Waals surface area contributed by atoms with Crippen molar-refractivity contribution in [3.05, 3.63) is 35.9 Å². The third-order valence-corrected chi connectivity index (χ3v) is 12.3. The lowest BCUT2D eigenvalue weighted by atomic mass is 9.73. The highest BCUT2D eigenvalue weighted by Crippen LogP contribution is 2.41. The highest BCUT2D eigenvalue weighted by Gasteiger charge is 2.57. The summed E-state index contributed by atoms with van der Waals surface area (Å²) in [4.78, 5) is 53.5. The average Bonchev–Trinajstić information content (AvgIpc) is 3.17. The van der Waals surface area contributed by atoms with E-state index in [4.69, 9.17) is 28.5 Å². The Morgan fingerprint density at radius 2 is 1.69 bits per heavy atom. The Bertz CT molecular complexity index is 1680. The fraction of sp³-hybridized carbons (Fsp3) is 0.750. The van der Waals surface area contributed by atoms with Crippen LogP contribution in [-0.2, 0) is 49.5 Å². The van der Waals surface area contributed by atoms with Crippen molar-refractivity contribution in [1.29, 1.82) is 0 Å². The lowest BCUT2D eigenvalue weighted by Gasteiger charge is -2.49. The minimum atomic E-state index is -3.21. The van der Waals surface area contributed by atoms with E-state index in [9.17, 15) is 24.6 Å². The van der Waals surface area contributed by atoms with Gasteiger partial charge in [-0.05, 0) is 86.3 Å². The molecule has 59 heavy (non-hydrogen) atoms. The number of aliphatic hydroxyl groups is 2. The maximum Gasteiger partial charge on any atom is 0.351 e. The third kappa shape index (κ3) is 11.2. The molecule has 1 amide bonds. The van der Waals surface area contributed by atoms with Crippen molar-refractivity contribution in [1.82, 2.24) is 4.90 Å². The second-order valence-electron chi connectivity index (χ2n) is 18.3. The molecular weight excluding hydrogens is 765 g/mol. The molecule has 1 aromatic carbocycles. The van der Waals surface area contributed by atoms with Gasteiger partial charge in [0.05, 0.1) is 37.1 Å². The molecule has 0 aromatic heterocycles. The van der Waals surface area contributed by atoms with E-state index < -0.39 is 95.1 Å². The molecular formula is C44H68FN3O11. The van der Waals surface area contributed by atoms with Gasteiger partial charge in [-0.2, -0.15) is 0 Å². The smallest absolute Gasteiger partial charge is 0.351 e. The molecule has 3 heterocycles. The predicted molar refractivity (Wildman–Crippen MR) is 219 cm³/mol. The second-order valence-corrected chi connectivity index (χ2v) is 18.3. The van der Waals surface area contributed by atoms with Crippen LogP contribution >= 0.6 is 0 Å². The van der Waals surface area contributed by atoms with Gasteiger partial charge in [-0.15, -0.1) is 0 Å². The van der Waals surface area contributed by atoms with Crippen molar-refractivity contribution in [2.75, 3.05) is 20.3 Å². The highest BCUT2D eigenvalue weighted by molar-refractivity contribution is 6.08. The van der Waals surface area contributed by atoms with E-state index in [1.165, 1.54) is 20.8 Å². The van der Waals surface area contributed by atoms with Crippen molar-refractivity contribution >= 4 is 29.1 Å². The number of alkyl halides is 1. The molecule has 0 spiro atoms. The van der Waals surface area contributed by atoms with Crippen molar-refractivity contribution in [2.24, 2.45) is 27.9 Å². The van der Waals surface area contributed by atoms with Gasteiger partial charge < -0.3 is 38.7 Å². The highest BCUT2D eigenvalue weighted by atomic mass is 19.1. The van der Waals surface area contributed by atoms with Gasteiger partial charge in [0.25, 0.3) is 5.67 Å². The number of nitrogens with zero attached hydrogens (tertiary/aromatic N) is 3. The number of ketones is 1. The number of aliphatic imine (C=N–C) groups is 1. The van der Waals surface area contributed by atoms with Crippen LogP contribution in [0.4, 0.5) is 4.39 Å². The van der Waals surface area contributed by atoms with Crippen LogP contribution < -0.4 is 0 Å². The number of amides is 1. The maximum atomic E-state index is 16.9. The predicted octanol–water partition coefficient (Wildman–Crippen LogP) is 5.38. The molecule has 0 radical (unpaired) electrons. The molecule has 15 heteroatoms. The van der Waals surface area contributed by atoms with Crippen molar-refractivity contribution in [3.63, 3.8) is 0 Å². The number of carbonyl (C=O) groups excluding carboxylic acids is 3. The van der Waals surface area contributed by atoms with Crippen LogP contribution in [0.2, 0.25) is 0 Å². The van der Waals surface area contributed by atoms with Crippen molar-refractivity contribution in [3.8, 4) is 0 Å². The van der Waals surface area contributed by atoms with E-state index >= 15 is 4.39 Å². The first-order valence-electron chi connectivity index (χ1n) is 20.8. The summed E-state index contributed by atoms with van der Waals surface area (Å²) in [6.07, 6.45) is -6.43. The Kier molecular flexibility index (Phi) is 15.8. The van der Waals surface area contributed by atoms with Crippen molar-refractivity contribution in [2.45, 2.75) is 174 Å². The van der Waals surface area contributed by atoms with Crippen LogP contribution in [0.5, 0.6) is 0 Å². The molecule has 0 unspecified atom stereocenters. The summed E-state index contributed by atoms with van der Waals surface area (Å²) >= 11 is 0. The number of likely N-dealkylation sites (N-methyl/N-ethyl adjacent to an activating group) is 1. The monoisotopic (exact) mass is 833 g/mol. The van der Waals surface area contributed by atoms with Gasteiger partial charge in [-0.1, -0.05) is 63.2 Å². The zero-order valence-electron chi connectivity index (χ0n) is 37.2. The minimum Gasteiger partial charge on any atom is -0.457 e. The number of esters is 1. The number of benzene rings is 1. The molecule has 3 saturated heterocycles. The number of halogens is 1. The zero-order valence-corrected chi connectivity index (χ0v) is 37.2. The fourth-order valence-corrected chi connectivity index (χ4v) is 8.75. The minimum absolute atomic E-state index is 0.00715. The van der Waals surface area contributed by atoms with Gasteiger partial charge in [0.1, 0.15) is 30.1 Å². The van der Waals surface area contributed by atoms with Crippen molar-refractivity contribution < 1.29 is 57.5 Å². The number of cyclic esters (lactones) is 1. The molecule has 3 aliphatic rings. The van der Waals surface area contributed by atoms with Crippen LogP contribution in [-0.4, -0.2) is 130 Å². The van der Waals surface area contributed by atoms with Crippen LogP contribution in [0, 0.1) is 17.8 Å². The second kappa shape index (κ2) is 19.3. The fourth-order valence-electron chi connectivity index (χ4n) is 8.75. The van der Waals surface area contributed by atoms with Gasteiger partial charge >= 0.3 is 5.97 Å². The number of hydrogen-bond acceptors (Lipinski definition) is 13.